The fourth-order valence-corrected chi connectivity index (χ4v) is 1.33. The number of halogens is 3. The molecule has 20 heavy (non-hydrogen) atoms. The first-order valence-corrected chi connectivity index (χ1v) is 5.53. The average Bonchev–Trinajstić information content (AvgIpc) is 2.26. The van der Waals surface area contributed by atoms with Gasteiger partial charge in [0.15, 0.2) is 0 Å². The Balaban J connectivity index is 2.90. The third kappa shape index (κ3) is 3.87. The van der Waals surface area contributed by atoms with Crippen molar-refractivity contribution < 1.29 is 27.9 Å². The van der Waals surface area contributed by atoms with Crippen LogP contribution < -0.4 is 10.6 Å². The van der Waals surface area contributed by atoms with Gasteiger partial charge in [0.25, 0.3) is 0 Å². The summed E-state index contributed by atoms with van der Waals surface area (Å²) in [6.45, 7) is 2.43. The van der Waals surface area contributed by atoms with Crippen molar-refractivity contribution in [2.75, 3.05) is 5.32 Å². The zero-order chi connectivity index (χ0) is 15.6. The molecule has 110 valence electrons. The topological polar surface area (TPSA) is 78.4 Å². The van der Waals surface area contributed by atoms with Gasteiger partial charge in [-0.2, -0.15) is 13.2 Å². The first kappa shape index (κ1) is 15.8. The molecule has 0 atom stereocenters. The number of anilines is 1. The maximum atomic E-state index is 12.7. The van der Waals surface area contributed by atoms with Crippen molar-refractivity contribution >= 4 is 17.7 Å². The summed E-state index contributed by atoms with van der Waals surface area (Å²) in [5, 5.41) is 12.9. The Kier molecular flexibility index (Phi) is 4.26. The second-order valence-electron chi connectivity index (χ2n) is 4.55. The maximum Gasteiger partial charge on any atom is 0.418 e. The Labute approximate surface area is 112 Å². The minimum absolute atomic E-state index is 0.446. The molecule has 0 aliphatic heterocycles. The summed E-state index contributed by atoms with van der Waals surface area (Å²) < 4.78 is 38.1. The van der Waals surface area contributed by atoms with Crippen LogP contribution in [0.2, 0.25) is 0 Å². The lowest BCUT2D eigenvalue weighted by atomic mass is 10.1. The third-order valence-electron chi connectivity index (χ3n) is 2.44. The molecule has 0 heterocycles. The lowest BCUT2D eigenvalue weighted by Gasteiger charge is -2.22. The second-order valence-corrected chi connectivity index (χ2v) is 4.55. The predicted molar refractivity (Wildman–Crippen MR) is 65.3 cm³/mol. The lowest BCUT2D eigenvalue weighted by Crippen LogP contribution is -2.51. The van der Waals surface area contributed by atoms with E-state index in [-0.39, 0.29) is 0 Å². The van der Waals surface area contributed by atoms with Crippen molar-refractivity contribution in [3.63, 3.8) is 0 Å². The number of hydrogen-bond donors (Lipinski definition) is 3. The number of carboxylic acid groups (broad SMARTS) is 1. The van der Waals surface area contributed by atoms with E-state index in [4.69, 9.17) is 5.11 Å². The number of nitrogens with one attached hydrogen (secondary N) is 2. The van der Waals surface area contributed by atoms with Crippen molar-refractivity contribution in [3.8, 4) is 0 Å². The number of amides is 2. The monoisotopic (exact) mass is 290 g/mol. The van der Waals surface area contributed by atoms with E-state index in [1.165, 1.54) is 26.0 Å². The van der Waals surface area contributed by atoms with Crippen molar-refractivity contribution in [1.29, 1.82) is 0 Å². The molecule has 0 fully saturated rings. The predicted octanol–water partition coefficient (Wildman–Crippen LogP) is 2.69. The molecule has 0 saturated heterocycles. The van der Waals surface area contributed by atoms with Crippen LogP contribution in [0, 0.1) is 0 Å². The summed E-state index contributed by atoms with van der Waals surface area (Å²) >= 11 is 0. The highest BCUT2D eigenvalue weighted by atomic mass is 19.4. The minimum Gasteiger partial charge on any atom is -0.480 e. The number of para-hydroxylation sites is 1. The van der Waals surface area contributed by atoms with Gasteiger partial charge in [-0.15, -0.1) is 0 Å². The first-order chi connectivity index (χ1) is 9.04. The van der Waals surface area contributed by atoms with E-state index in [0.717, 1.165) is 12.1 Å². The molecule has 1 aromatic carbocycles. The minimum atomic E-state index is -4.62. The Morgan fingerprint density at radius 3 is 2.20 bits per heavy atom. The van der Waals surface area contributed by atoms with E-state index in [0.29, 0.717) is 0 Å². The van der Waals surface area contributed by atoms with Gasteiger partial charge in [-0.1, -0.05) is 12.1 Å². The molecule has 2 amide bonds. The smallest absolute Gasteiger partial charge is 0.418 e. The summed E-state index contributed by atoms with van der Waals surface area (Å²) in [5.74, 6) is -1.31. The summed E-state index contributed by atoms with van der Waals surface area (Å²) in [5.41, 5.74) is -3.06. The van der Waals surface area contributed by atoms with Crippen molar-refractivity contribution in [2.24, 2.45) is 0 Å². The standard InChI is InChI=1S/C12H13F3N2O3/c1-11(2,9(18)19)17-10(20)16-8-6-4-3-5-7(8)12(13,14)15/h3-6H,1-2H3,(H,18,19)(H2,16,17,20). The van der Waals surface area contributed by atoms with E-state index in [2.05, 4.69) is 5.32 Å². The Bertz CT molecular complexity index is 527. The molecular formula is C12H13F3N2O3. The number of benzene rings is 1. The molecule has 0 aliphatic rings. The first-order valence-electron chi connectivity index (χ1n) is 5.53. The summed E-state index contributed by atoms with van der Waals surface area (Å²) in [4.78, 5) is 22.4. The summed E-state index contributed by atoms with van der Waals surface area (Å²) in [7, 11) is 0. The molecule has 0 unspecified atom stereocenters. The van der Waals surface area contributed by atoms with E-state index in [1.807, 2.05) is 5.32 Å². The molecule has 0 aromatic heterocycles. The second kappa shape index (κ2) is 5.40. The van der Waals surface area contributed by atoms with Crippen LogP contribution >= 0.6 is 0 Å². The van der Waals surface area contributed by atoms with Gasteiger partial charge in [-0.3, -0.25) is 0 Å². The number of aliphatic carboxylic acids is 1. The van der Waals surface area contributed by atoms with Crippen molar-refractivity contribution in [3.05, 3.63) is 29.8 Å². The molecular weight excluding hydrogens is 277 g/mol. The quantitative estimate of drug-likeness (QED) is 0.800. The molecule has 5 nitrogen and oxygen atoms in total. The van der Waals surface area contributed by atoms with E-state index >= 15 is 0 Å². The fourth-order valence-electron chi connectivity index (χ4n) is 1.33. The third-order valence-corrected chi connectivity index (χ3v) is 2.44. The van der Waals surface area contributed by atoms with Crippen LogP contribution in [0.3, 0.4) is 0 Å². The number of rotatable bonds is 3. The highest BCUT2D eigenvalue weighted by Gasteiger charge is 2.34. The van der Waals surface area contributed by atoms with Crippen LogP contribution in [0.5, 0.6) is 0 Å². The van der Waals surface area contributed by atoms with Crippen LogP contribution in [-0.2, 0) is 11.0 Å². The van der Waals surface area contributed by atoms with Gasteiger partial charge >= 0.3 is 18.2 Å². The van der Waals surface area contributed by atoms with E-state index < -0.39 is 35.0 Å². The normalized spacial score (nSPS) is 11.8. The van der Waals surface area contributed by atoms with Crippen LogP contribution in [0.4, 0.5) is 23.7 Å². The Hall–Kier alpha value is -2.25. The lowest BCUT2D eigenvalue weighted by molar-refractivity contribution is -0.143. The highest BCUT2D eigenvalue weighted by molar-refractivity contribution is 5.94. The highest BCUT2D eigenvalue weighted by Crippen LogP contribution is 2.34. The number of urea groups is 1. The van der Waals surface area contributed by atoms with Gasteiger partial charge in [-0.25, -0.2) is 9.59 Å². The SMILES string of the molecule is CC(C)(NC(=O)Nc1ccccc1C(F)(F)F)C(=O)O. The number of carbonyl (C=O) groups is 2. The zero-order valence-corrected chi connectivity index (χ0v) is 10.7. The Morgan fingerprint density at radius 2 is 1.70 bits per heavy atom. The van der Waals surface area contributed by atoms with Gasteiger partial charge in [0.2, 0.25) is 0 Å². The molecule has 1 aromatic rings. The molecule has 1 rings (SSSR count). The van der Waals surface area contributed by atoms with Crippen LogP contribution in [0.1, 0.15) is 19.4 Å². The van der Waals surface area contributed by atoms with Gasteiger partial charge in [0.1, 0.15) is 5.54 Å². The maximum absolute atomic E-state index is 12.7. The molecule has 0 aliphatic carbocycles. The molecule has 0 spiro atoms. The summed E-state index contributed by atoms with van der Waals surface area (Å²) in [6.07, 6.45) is -4.62. The van der Waals surface area contributed by atoms with Crippen LogP contribution in [0.25, 0.3) is 0 Å². The summed E-state index contributed by atoms with van der Waals surface area (Å²) in [6, 6.07) is 3.38. The number of carboxylic acids is 1. The van der Waals surface area contributed by atoms with Crippen LogP contribution in [0.15, 0.2) is 24.3 Å². The van der Waals surface area contributed by atoms with E-state index in [9.17, 15) is 22.8 Å². The molecule has 0 bridgehead atoms. The molecule has 0 saturated carbocycles. The van der Waals surface area contributed by atoms with Crippen LogP contribution in [-0.4, -0.2) is 22.6 Å². The van der Waals surface area contributed by atoms with Gasteiger partial charge in [0, 0.05) is 0 Å². The van der Waals surface area contributed by atoms with E-state index in [1.54, 1.807) is 0 Å². The molecule has 3 N–H and O–H groups in total. The van der Waals surface area contributed by atoms with Crippen molar-refractivity contribution in [2.45, 2.75) is 25.6 Å². The van der Waals surface area contributed by atoms with Gasteiger partial charge in [0.05, 0.1) is 11.3 Å². The number of carbonyl (C=O) groups excluding carboxylic acids is 1. The molecule has 8 heteroatoms. The average molecular weight is 290 g/mol. The van der Waals surface area contributed by atoms with Gasteiger partial charge < -0.3 is 15.7 Å². The fraction of sp³-hybridized carbons (Fsp3) is 0.333. The largest absolute Gasteiger partial charge is 0.480 e. The number of alkyl halides is 3. The van der Waals surface area contributed by atoms with Crippen molar-refractivity contribution in [1.82, 2.24) is 5.32 Å². The molecule has 0 radical (unpaired) electrons. The van der Waals surface area contributed by atoms with Gasteiger partial charge in [-0.05, 0) is 26.0 Å². The number of hydrogen-bond acceptors (Lipinski definition) is 2. The zero-order valence-electron chi connectivity index (χ0n) is 10.7. The Morgan fingerprint density at radius 1 is 1.15 bits per heavy atom.